The summed E-state index contributed by atoms with van der Waals surface area (Å²) in [6.45, 7) is 0.192. The summed E-state index contributed by atoms with van der Waals surface area (Å²) >= 11 is 0. The van der Waals surface area contributed by atoms with E-state index in [2.05, 4.69) is 5.10 Å². The van der Waals surface area contributed by atoms with Gasteiger partial charge in [-0.05, 0) is 93.5 Å². The van der Waals surface area contributed by atoms with E-state index in [1.807, 2.05) is 0 Å². The molecule has 0 N–H and O–H groups in total. The van der Waals surface area contributed by atoms with Crippen molar-refractivity contribution in [2.75, 3.05) is 6.54 Å². The maximum Gasteiger partial charge on any atom is 0.359 e. The molecule has 0 spiro atoms. The van der Waals surface area contributed by atoms with E-state index in [0.717, 1.165) is 47.6 Å². The number of nitrogens with zero attached hydrogens (tertiary/aromatic N) is 3. The SMILES string of the molecule is O=C(OC1CCCCN(C(=O)c2ccc(F)cc2)C1=O)c1nn(-c2ccc(F)cc2)c2c1CCCC2. The van der Waals surface area contributed by atoms with Gasteiger partial charge in [-0.1, -0.05) is 0 Å². The fourth-order valence-corrected chi connectivity index (χ4v) is 4.81. The number of hydrogen-bond acceptors (Lipinski definition) is 5. The Morgan fingerprint density at radius 3 is 2.28 bits per heavy atom. The molecule has 0 saturated carbocycles. The predicted octanol–water partition coefficient (Wildman–Crippen LogP) is 4.41. The number of hydrogen-bond donors (Lipinski definition) is 0. The molecule has 0 radical (unpaired) electrons. The molecule has 5 rings (SSSR count). The average molecular weight is 494 g/mol. The fourth-order valence-electron chi connectivity index (χ4n) is 4.81. The minimum absolute atomic E-state index is 0.141. The van der Waals surface area contributed by atoms with E-state index < -0.39 is 29.7 Å². The lowest BCUT2D eigenvalue weighted by Gasteiger charge is -2.22. The highest BCUT2D eigenvalue weighted by Crippen LogP contribution is 2.28. The number of ether oxygens (including phenoxy) is 1. The smallest absolute Gasteiger partial charge is 0.359 e. The number of benzene rings is 2. The van der Waals surface area contributed by atoms with Gasteiger partial charge >= 0.3 is 5.97 Å². The van der Waals surface area contributed by atoms with Crippen molar-refractivity contribution in [1.29, 1.82) is 0 Å². The first kappa shape index (κ1) is 23.8. The summed E-state index contributed by atoms with van der Waals surface area (Å²) in [6, 6.07) is 10.8. The van der Waals surface area contributed by atoms with E-state index >= 15 is 0 Å². The zero-order valence-electron chi connectivity index (χ0n) is 19.6. The summed E-state index contributed by atoms with van der Waals surface area (Å²) in [6.07, 6.45) is 3.53. The lowest BCUT2D eigenvalue weighted by atomic mass is 9.95. The van der Waals surface area contributed by atoms with Gasteiger partial charge in [0, 0.05) is 23.4 Å². The number of fused-ring (bicyclic) bond motifs is 1. The van der Waals surface area contributed by atoms with E-state index in [1.54, 1.807) is 16.8 Å². The van der Waals surface area contributed by atoms with Crippen molar-refractivity contribution >= 4 is 17.8 Å². The third kappa shape index (κ3) is 4.65. The van der Waals surface area contributed by atoms with Crippen LogP contribution in [0.4, 0.5) is 8.78 Å². The van der Waals surface area contributed by atoms with E-state index in [0.29, 0.717) is 31.4 Å². The number of imide groups is 1. The number of carbonyl (C=O) groups is 3. The van der Waals surface area contributed by atoms with Gasteiger partial charge in [-0.2, -0.15) is 5.10 Å². The molecule has 1 unspecified atom stereocenters. The molecule has 9 heteroatoms. The fraction of sp³-hybridized carbons (Fsp3) is 0.333. The molecule has 36 heavy (non-hydrogen) atoms. The second-order valence-corrected chi connectivity index (χ2v) is 9.06. The van der Waals surface area contributed by atoms with Crippen molar-refractivity contribution in [3.05, 3.63) is 82.7 Å². The van der Waals surface area contributed by atoms with Crippen molar-refractivity contribution in [1.82, 2.24) is 14.7 Å². The van der Waals surface area contributed by atoms with E-state index in [4.69, 9.17) is 4.74 Å². The Hall–Kier alpha value is -3.88. The summed E-state index contributed by atoms with van der Waals surface area (Å²) in [4.78, 5) is 40.5. The molecule has 1 atom stereocenters. The van der Waals surface area contributed by atoms with Crippen molar-refractivity contribution < 1.29 is 27.9 Å². The van der Waals surface area contributed by atoms with Gasteiger partial charge in [0.1, 0.15) is 11.6 Å². The molecule has 1 fully saturated rings. The maximum absolute atomic E-state index is 13.4. The maximum atomic E-state index is 13.4. The molecule has 2 amide bonds. The third-order valence-electron chi connectivity index (χ3n) is 6.67. The summed E-state index contributed by atoms with van der Waals surface area (Å²) in [7, 11) is 0. The van der Waals surface area contributed by atoms with Crippen LogP contribution in [-0.4, -0.2) is 45.1 Å². The number of rotatable bonds is 4. The van der Waals surface area contributed by atoms with Crippen LogP contribution in [0.15, 0.2) is 48.5 Å². The van der Waals surface area contributed by atoms with Crippen molar-refractivity contribution in [2.24, 2.45) is 0 Å². The second-order valence-electron chi connectivity index (χ2n) is 9.06. The van der Waals surface area contributed by atoms with E-state index in [1.165, 1.54) is 24.3 Å². The molecule has 1 aromatic heterocycles. The Morgan fingerprint density at radius 2 is 1.56 bits per heavy atom. The van der Waals surface area contributed by atoms with Gasteiger partial charge in [-0.25, -0.2) is 18.3 Å². The van der Waals surface area contributed by atoms with Crippen LogP contribution in [0.3, 0.4) is 0 Å². The van der Waals surface area contributed by atoms with Crippen LogP contribution in [0.2, 0.25) is 0 Å². The van der Waals surface area contributed by atoms with Gasteiger partial charge in [0.15, 0.2) is 11.8 Å². The van der Waals surface area contributed by atoms with Gasteiger partial charge in [0.05, 0.1) is 5.69 Å². The van der Waals surface area contributed by atoms with Gasteiger partial charge in [0.25, 0.3) is 11.8 Å². The molecule has 1 saturated heterocycles. The minimum Gasteiger partial charge on any atom is -0.447 e. The second kappa shape index (κ2) is 10.0. The first-order valence-electron chi connectivity index (χ1n) is 12.1. The zero-order chi connectivity index (χ0) is 25.2. The van der Waals surface area contributed by atoms with Crippen LogP contribution in [0.25, 0.3) is 5.69 Å². The Bertz CT molecular complexity index is 1300. The average Bonchev–Trinajstić information content (AvgIpc) is 3.18. The van der Waals surface area contributed by atoms with Gasteiger partial charge in [-0.3, -0.25) is 14.5 Å². The van der Waals surface area contributed by atoms with Crippen LogP contribution in [-0.2, 0) is 22.4 Å². The molecular formula is C27H25F2N3O4. The quantitative estimate of drug-likeness (QED) is 0.397. The van der Waals surface area contributed by atoms with Crippen LogP contribution in [0.1, 0.15) is 64.2 Å². The first-order valence-corrected chi connectivity index (χ1v) is 12.1. The normalized spacial score (nSPS) is 17.9. The Kier molecular flexibility index (Phi) is 6.63. The van der Waals surface area contributed by atoms with Gasteiger partial charge in [-0.15, -0.1) is 0 Å². The van der Waals surface area contributed by atoms with Crippen LogP contribution in [0.5, 0.6) is 0 Å². The van der Waals surface area contributed by atoms with Crippen molar-refractivity contribution in [2.45, 2.75) is 51.0 Å². The van der Waals surface area contributed by atoms with E-state index in [9.17, 15) is 23.2 Å². The largest absolute Gasteiger partial charge is 0.447 e. The molecule has 2 aromatic carbocycles. The van der Waals surface area contributed by atoms with Crippen molar-refractivity contribution in [3.63, 3.8) is 0 Å². The van der Waals surface area contributed by atoms with Crippen molar-refractivity contribution in [3.8, 4) is 5.69 Å². The van der Waals surface area contributed by atoms with Crippen LogP contribution in [0, 0.1) is 11.6 Å². The first-order chi connectivity index (χ1) is 17.4. The lowest BCUT2D eigenvalue weighted by Crippen LogP contribution is -2.43. The highest BCUT2D eigenvalue weighted by atomic mass is 19.1. The molecule has 2 aliphatic rings. The number of aromatic nitrogens is 2. The van der Waals surface area contributed by atoms with Crippen LogP contribution < -0.4 is 0 Å². The highest BCUT2D eigenvalue weighted by Gasteiger charge is 2.36. The Morgan fingerprint density at radius 1 is 0.889 bits per heavy atom. The van der Waals surface area contributed by atoms with Gasteiger partial charge in [0.2, 0.25) is 0 Å². The van der Waals surface area contributed by atoms with Gasteiger partial charge < -0.3 is 4.74 Å². The molecule has 1 aliphatic heterocycles. The lowest BCUT2D eigenvalue weighted by molar-refractivity contribution is -0.137. The highest BCUT2D eigenvalue weighted by molar-refractivity contribution is 6.06. The summed E-state index contributed by atoms with van der Waals surface area (Å²) in [5, 5.41) is 4.51. The minimum atomic E-state index is -1.13. The standard InChI is InChI=1S/C27H25F2N3O4/c28-18-10-8-17(9-11-18)25(33)31-16-4-3-7-23(26(31)34)36-27(35)24-21-5-1-2-6-22(21)32(30-24)20-14-12-19(29)13-15-20/h8-15,23H,1-7,16H2. The van der Waals surface area contributed by atoms with Crippen LogP contribution >= 0.6 is 0 Å². The molecule has 0 bridgehead atoms. The Labute approximate surface area is 206 Å². The summed E-state index contributed by atoms with van der Waals surface area (Å²) in [5.74, 6) is -2.72. The summed E-state index contributed by atoms with van der Waals surface area (Å²) in [5.41, 5.74) is 2.61. The predicted molar refractivity (Wildman–Crippen MR) is 126 cm³/mol. The molecule has 1 aliphatic carbocycles. The topological polar surface area (TPSA) is 81.5 Å². The number of carbonyl (C=O) groups excluding carboxylic acids is 3. The number of halogens is 2. The van der Waals surface area contributed by atoms with E-state index in [-0.39, 0.29) is 23.6 Å². The molecule has 2 heterocycles. The number of esters is 1. The molecule has 7 nitrogen and oxygen atoms in total. The zero-order valence-corrected chi connectivity index (χ0v) is 19.6. The number of likely N-dealkylation sites (tertiary alicyclic amines) is 1. The number of amides is 2. The summed E-state index contributed by atoms with van der Waals surface area (Å²) < 4.78 is 34.0. The molecule has 3 aromatic rings. The third-order valence-corrected chi connectivity index (χ3v) is 6.67. The monoisotopic (exact) mass is 493 g/mol. The Balaban J connectivity index is 1.39. The molecule has 186 valence electrons. The molecular weight excluding hydrogens is 468 g/mol.